The van der Waals surface area contributed by atoms with Crippen LogP contribution in [0.3, 0.4) is 0 Å². The molecule has 0 aliphatic heterocycles. The fourth-order valence-electron chi connectivity index (χ4n) is 1.61. The summed E-state index contributed by atoms with van der Waals surface area (Å²) in [4.78, 5) is 23.9. The fraction of sp³-hybridized carbons (Fsp3) is 0.500. The molecule has 0 aliphatic carbocycles. The van der Waals surface area contributed by atoms with Crippen LogP contribution in [0.4, 0.5) is 0 Å². The van der Waals surface area contributed by atoms with Crippen molar-refractivity contribution in [2.45, 2.75) is 39.5 Å². The van der Waals surface area contributed by atoms with Gasteiger partial charge in [0.25, 0.3) is 0 Å². The van der Waals surface area contributed by atoms with E-state index in [1.54, 1.807) is 24.3 Å². The topological polar surface area (TPSA) is 52.6 Å². The van der Waals surface area contributed by atoms with Crippen LogP contribution in [0.5, 0.6) is 0 Å². The molecule has 1 aromatic rings. The van der Waals surface area contributed by atoms with Gasteiger partial charge in [-0.15, -0.1) is 0 Å². The molecule has 1 aromatic carbocycles. The Labute approximate surface area is 150 Å². The van der Waals surface area contributed by atoms with E-state index in [-0.39, 0.29) is 11.1 Å². The van der Waals surface area contributed by atoms with E-state index in [1.165, 1.54) is 0 Å². The van der Waals surface area contributed by atoms with E-state index in [9.17, 15) is 9.59 Å². The van der Waals surface area contributed by atoms with Gasteiger partial charge in [-0.3, -0.25) is 0 Å². The average Bonchev–Trinajstić information content (AvgIpc) is 2.57. The first kappa shape index (κ1) is 21.4. The molecular formula is C16H22AgBrO4. The van der Waals surface area contributed by atoms with Crippen LogP contribution in [0.1, 0.15) is 60.2 Å². The van der Waals surface area contributed by atoms with E-state index in [1.807, 2.05) is 13.8 Å². The van der Waals surface area contributed by atoms with E-state index in [4.69, 9.17) is 9.47 Å². The molecule has 0 saturated carbocycles. The van der Waals surface area contributed by atoms with E-state index >= 15 is 0 Å². The van der Waals surface area contributed by atoms with Crippen molar-refractivity contribution in [3.05, 3.63) is 35.4 Å². The molecule has 0 atom stereocenters. The Morgan fingerprint density at radius 1 is 0.909 bits per heavy atom. The summed E-state index contributed by atoms with van der Waals surface area (Å²) in [5, 5.41) is 0. The summed E-state index contributed by atoms with van der Waals surface area (Å²) in [5.41, 5.74) is 0.537. The number of rotatable bonds is 8. The van der Waals surface area contributed by atoms with Crippen LogP contribution in [0.15, 0.2) is 24.3 Å². The summed E-state index contributed by atoms with van der Waals surface area (Å²) in [6.07, 6.45) is 3.53. The zero-order chi connectivity index (χ0) is 16.8. The van der Waals surface area contributed by atoms with Crippen LogP contribution in [0, 0.1) is 0 Å². The van der Waals surface area contributed by atoms with Crippen molar-refractivity contribution in [2.24, 2.45) is 0 Å². The SMILES string of the molecule is CCCCOC(=O)c1ccccc1C(=O)OCCCC.[Br][Ag]. The minimum atomic E-state index is -0.471. The predicted molar refractivity (Wildman–Crippen MR) is 85.8 cm³/mol. The van der Waals surface area contributed by atoms with Crippen LogP contribution < -0.4 is 0 Å². The molecule has 1 rings (SSSR count). The summed E-state index contributed by atoms with van der Waals surface area (Å²) < 4.78 is 10.3. The molecule has 4 nitrogen and oxygen atoms in total. The molecule has 0 bridgehead atoms. The van der Waals surface area contributed by atoms with Crippen molar-refractivity contribution in [1.29, 1.82) is 0 Å². The number of carbonyl (C=O) groups excluding carboxylic acids is 2. The van der Waals surface area contributed by atoms with Gasteiger partial charge in [0.15, 0.2) is 0 Å². The summed E-state index contributed by atoms with van der Waals surface area (Å²) in [6.45, 7) is 4.78. The third kappa shape index (κ3) is 8.13. The second-order valence-corrected chi connectivity index (χ2v) is 4.52. The molecule has 0 saturated heterocycles. The van der Waals surface area contributed by atoms with Gasteiger partial charge in [-0.1, -0.05) is 38.8 Å². The number of hydrogen-bond acceptors (Lipinski definition) is 4. The summed E-state index contributed by atoms with van der Waals surface area (Å²) >= 11 is 5.51. The molecule has 22 heavy (non-hydrogen) atoms. The number of unbranched alkanes of at least 4 members (excludes halogenated alkanes) is 2. The van der Waals surface area contributed by atoms with Crippen molar-refractivity contribution in [2.75, 3.05) is 13.2 Å². The van der Waals surface area contributed by atoms with Gasteiger partial charge < -0.3 is 9.47 Å². The molecular weight excluding hydrogens is 444 g/mol. The maximum atomic E-state index is 11.9. The molecule has 0 fully saturated rings. The number of halogens is 1. The Morgan fingerprint density at radius 3 is 1.59 bits per heavy atom. The summed E-state index contributed by atoms with van der Waals surface area (Å²) in [7, 11) is 0. The fourth-order valence-corrected chi connectivity index (χ4v) is 1.61. The van der Waals surface area contributed by atoms with Gasteiger partial charge in [-0.2, -0.15) is 0 Å². The molecule has 0 aromatic heterocycles. The zero-order valence-electron chi connectivity index (χ0n) is 12.9. The second-order valence-electron chi connectivity index (χ2n) is 4.52. The first-order valence-electron chi connectivity index (χ1n) is 7.25. The van der Waals surface area contributed by atoms with Crippen molar-refractivity contribution in [3.63, 3.8) is 0 Å². The van der Waals surface area contributed by atoms with Crippen LogP contribution >= 0.6 is 13.0 Å². The van der Waals surface area contributed by atoms with Crippen molar-refractivity contribution in [1.82, 2.24) is 0 Å². The molecule has 0 N–H and O–H groups in total. The molecule has 0 heterocycles. The quantitative estimate of drug-likeness (QED) is 0.323. The number of esters is 2. The Balaban J connectivity index is 0.00000211. The third-order valence-electron chi connectivity index (χ3n) is 2.83. The molecule has 6 heteroatoms. The Kier molecular flexibility index (Phi) is 13.6. The van der Waals surface area contributed by atoms with Gasteiger partial charge in [-0.05, 0) is 25.0 Å². The first-order valence-corrected chi connectivity index (χ1v) is 10.6. The van der Waals surface area contributed by atoms with Crippen LogP contribution in [0.25, 0.3) is 0 Å². The summed E-state index contributed by atoms with van der Waals surface area (Å²) in [6, 6.07) is 6.59. The molecule has 0 aliphatic rings. The van der Waals surface area contributed by atoms with Gasteiger partial charge in [0.1, 0.15) is 0 Å². The normalized spacial score (nSPS) is 9.50. The van der Waals surface area contributed by atoms with Gasteiger partial charge in [0.2, 0.25) is 0 Å². The van der Waals surface area contributed by atoms with Gasteiger partial charge in [0.05, 0.1) is 24.3 Å². The Bertz CT molecular complexity index is 411. The number of ether oxygens (including phenoxy) is 2. The second kappa shape index (κ2) is 14.0. The molecule has 0 amide bonds. The van der Waals surface area contributed by atoms with Crippen LogP contribution in [-0.4, -0.2) is 25.2 Å². The molecule has 0 unspecified atom stereocenters. The number of carbonyl (C=O) groups is 2. The average molecular weight is 466 g/mol. The monoisotopic (exact) mass is 464 g/mol. The Hall–Kier alpha value is -0.620. The van der Waals surface area contributed by atoms with Gasteiger partial charge in [0, 0.05) is 0 Å². The van der Waals surface area contributed by atoms with Gasteiger partial charge in [-0.25, -0.2) is 9.59 Å². The van der Waals surface area contributed by atoms with E-state index in [2.05, 4.69) is 32.0 Å². The number of benzene rings is 1. The zero-order valence-corrected chi connectivity index (χ0v) is 15.9. The number of hydrogen-bond donors (Lipinski definition) is 0. The molecule has 0 radical (unpaired) electrons. The van der Waals surface area contributed by atoms with Crippen molar-refractivity contribution in [3.8, 4) is 0 Å². The van der Waals surface area contributed by atoms with Gasteiger partial charge >= 0.3 is 43.9 Å². The third-order valence-corrected chi connectivity index (χ3v) is 2.83. The van der Waals surface area contributed by atoms with Crippen LogP contribution in [-0.2, 0) is 28.4 Å². The minimum absolute atomic E-state index is 0.269. The summed E-state index contributed by atoms with van der Waals surface area (Å²) in [5.74, 6) is -0.942. The predicted octanol–water partition coefficient (Wildman–Crippen LogP) is 4.44. The van der Waals surface area contributed by atoms with Crippen molar-refractivity contribution >= 4 is 25.0 Å². The van der Waals surface area contributed by atoms with E-state index < -0.39 is 11.9 Å². The Morgan fingerprint density at radius 2 is 1.27 bits per heavy atom. The maximum absolute atomic E-state index is 11.9. The first-order chi connectivity index (χ1) is 10.7. The van der Waals surface area contributed by atoms with E-state index in [0.29, 0.717) is 13.2 Å². The van der Waals surface area contributed by atoms with Crippen molar-refractivity contribution < 1.29 is 38.0 Å². The van der Waals surface area contributed by atoms with Crippen LogP contribution in [0.2, 0.25) is 0 Å². The van der Waals surface area contributed by atoms with E-state index in [0.717, 1.165) is 25.7 Å². The molecule has 128 valence electrons. The molecule has 0 spiro atoms. The standard InChI is InChI=1S/C16H22O4.Ag.BrH/c1-3-5-11-19-15(17)13-9-7-8-10-14(13)16(18)20-12-6-4-2;;/h7-10H,3-6,11-12H2,1-2H3;;1H/q;+1;/p-1.